The highest BCUT2D eigenvalue weighted by atomic mass is 16.3. The molecule has 0 amide bonds. The highest BCUT2D eigenvalue weighted by Crippen LogP contribution is 2.27. The number of pyridine rings is 1. The molecular formula is C8H12N3O+. The van der Waals surface area contributed by atoms with Gasteiger partial charge in [-0.3, -0.25) is 0 Å². The van der Waals surface area contributed by atoms with Crippen molar-refractivity contribution in [2.24, 2.45) is 5.18 Å². The topological polar surface area (TPSA) is 69.6 Å². The van der Waals surface area contributed by atoms with Crippen LogP contribution in [0.25, 0.3) is 0 Å². The lowest BCUT2D eigenvalue weighted by atomic mass is 10.1. The number of H-pyrrole nitrogens is 1. The van der Waals surface area contributed by atoms with Gasteiger partial charge >= 0.3 is 0 Å². The molecule has 1 aromatic heterocycles. The van der Waals surface area contributed by atoms with E-state index in [0.29, 0.717) is 11.4 Å². The summed E-state index contributed by atoms with van der Waals surface area (Å²) in [4.78, 5) is 13.5. The van der Waals surface area contributed by atoms with Gasteiger partial charge in [0.15, 0.2) is 5.69 Å². The molecule has 0 aromatic carbocycles. The van der Waals surface area contributed by atoms with E-state index >= 15 is 0 Å². The maximum absolute atomic E-state index is 10.4. The van der Waals surface area contributed by atoms with Crippen molar-refractivity contribution in [1.29, 1.82) is 0 Å². The average molecular weight is 166 g/mol. The van der Waals surface area contributed by atoms with Gasteiger partial charge in [-0.15, -0.1) is 4.91 Å². The van der Waals surface area contributed by atoms with E-state index in [1.165, 1.54) is 0 Å². The van der Waals surface area contributed by atoms with Gasteiger partial charge in [-0.05, 0) is 12.1 Å². The molecular weight excluding hydrogens is 154 g/mol. The van der Waals surface area contributed by atoms with E-state index in [9.17, 15) is 4.91 Å². The number of hydrogen-bond acceptors (Lipinski definition) is 3. The Morgan fingerprint density at radius 3 is 2.33 bits per heavy atom. The molecule has 0 aliphatic rings. The van der Waals surface area contributed by atoms with Crippen molar-refractivity contribution in [3.63, 3.8) is 0 Å². The molecule has 0 saturated carbocycles. The Balaban J connectivity index is 3.52. The van der Waals surface area contributed by atoms with Crippen molar-refractivity contribution in [1.82, 2.24) is 0 Å². The summed E-state index contributed by atoms with van der Waals surface area (Å²) in [5, 5.41) is 2.90. The zero-order valence-corrected chi connectivity index (χ0v) is 7.43. The highest BCUT2D eigenvalue weighted by molar-refractivity contribution is 5.67. The van der Waals surface area contributed by atoms with Crippen LogP contribution in [0.15, 0.2) is 5.18 Å². The first-order valence-corrected chi connectivity index (χ1v) is 3.69. The van der Waals surface area contributed by atoms with Gasteiger partial charge in [0.2, 0.25) is 5.69 Å². The van der Waals surface area contributed by atoms with E-state index in [1.807, 2.05) is 20.8 Å². The van der Waals surface area contributed by atoms with E-state index in [4.69, 9.17) is 5.73 Å². The van der Waals surface area contributed by atoms with Crippen LogP contribution >= 0.6 is 0 Å². The Kier molecular flexibility index (Phi) is 2.08. The zero-order valence-electron chi connectivity index (χ0n) is 7.43. The Morgan fingerprint density at radius 1 is 1.25 bits per heavy atom. The van der Waals surface area contributed by atoms with E-state index in [0.717, 1.165) is 17.0 Å². The van der Waals surface area contributed by atoms with Crippen LogP contribution < -0.4 is 10.7 Å². The quantitative estimate of drug-likeness (QED) is 0.641. The van der Waals surface area contributed by atoms with Crippen molar-refractivity contribution in [3.8, 4) is 0 Å². The van der Waals surface area contributed by atoms with Crippen molar-refractivity contribution in [3.05, 3.63) is 21.9 Å². The SMILES string of the molecule is Cc1[nH+]c(C)c(N)c(N=O)c1C. The molecule has 0 fully saturated rings. The lowest BCUT2D eigenvalue weighted by Crippen LogP contribution is -2.16. The second-order valence-corrected chi connectivity index (χ2v) is 2.85. The van der Waals surface area contributed by atoms with Crippen LogP contribution in [0.1, 0.15) is 17.0 Å². The third kappa shape index (κ3) is 1.15. The molecule has 4 nitrogen and oxygen atoms in total. The fourth-order valence-electron chi connectivity index (χ4n) is 1.12. The summed E-state index contributed by atoms with van der Waals surface area (Å²) in [7, 11) is 0. The van der Waals surface area contributed by atoms with Crippen LogP contribution in [-0.2, 0) is 0 Å². The molecule has 0 aliphatic heterocycles. The van der Waals surface area contributed by atoms with Crippen molar-refractivity contribution in [2.75, 3.05) is 5.73 Å². The standard InChI is InChI=1S/C8H11N3O/c1-4-5(2)10-6(3)7(9)8(4)11-12/h9H2,1-3H3/p+1. The molecule has 0 atom stereocenters. The van der Waals surface area contributed by atoms with Gasteiger partial charge in [-0.25, -0.2) is 4.98 Å². The van der Waals surface area contributed by atoms with Crippen LogP contribution in [0, 0.1) is 25.7 Å². The summed E-state index contributed by atoms with van der Waals surface area (Å²) in [6, 6.07) is 0. The van der Waals surface area contributed by atoms with Gasteiger partial charge < -0.3 is 5.73 Å². The van der Waals surface area contributed by atoms with Crippen LogP contribution in [0.2, 0.25) is 0 Å². The molecule has 0 aliphatic carbocycles. The van der Waals surface area contributed by atoms with Gasteiger partial charge in [0.25, 0.3) is 0 Å². The summed E-state index contributed by atoms with van der Waals surface area (Å²) in [5.74, 6) is 0. The Labute approximate surface area is 70.8 Å². The molecule has 1 rings (SSSR count). The minimum atomic E-state index is 0.351. The number of nitroso groups, excluding NO2 is 1. The van der Waals surface area contributed by atoms with Crippen molar-refractivity contribution >= 4 is 11.4 Å². The zero-order chi connectivity index (χ0) is 9.30. The Morgan fingerprint density at radius 2 is 1.83 bits per heavy atom. The fraction of sp³-hybridized carbons (Fsp3) is 0.375. The number of nitrogens with one attached hydrogen (secondary N) is 1. The summed E-state index contributed by atoms with van der Waals surface area (Å²) in [6.07, 6.45) is 0. The lowest BCUT2D eigenvalue weighted by Gasteiger charge is -2.01. The largest absolute Gasteiger partial charge is 0.392 e. The average Bonchev–Trinajstić information content (AvgIpc) is 2.02. The molecule has 12 heavy (non-hydrogen) atoms. The second kappa shape index (κ2) is 2.89. The minimum Gasteiger partial charge on any atom is -0.392 e. The highest BCUT2D eigenvalue weighted by Gasteiger charge is 2.15. The number of nitrogen functional groups attached to an aromatic ring is 1. The maximum Gasteiger partial charge on any atom is 0.202 e. The van der Waals surface area contributed by atoms with Crippen LogP contribution in [-0.4, -0.2) is 0 Å². The Bertz CT molecular complexity index is 307. The normalized spacial score (nSPS) is 9.92. The van der Waals surface area contributed by atoms with Gasteiger partial charge in [0.1, 0.15) is 11.4 Å². The van der Waals surface area contributed by atoms with Crippen molar-refractivity contribution in [2.45, 2.75) is 20.8 Å². The molecule has 4 heteroatoms. The second-order valence-electron chi connectivity index (χ2n) is 2.85. The number of aryl methyl sites for hydroxylation is 2. The maximum atomic E-state index is 10.4. The molecule has 0 radical (unpaired) electrons. The first kappa shape index (κ1) is 8.64. The molecule has 3 N–H and O–H groups in total. The number of aromatic amines is 1. The van der Waals surface area contributed by atoms with Gasteiger partial charge in [-0.2, -0.15) is 0 Å². The number of rotatable bonds is 1. The summed E-state index contributed by atoms with van der Waals surface area (Å²) >= 11 is 0. The number of nitrogens with two attached hydrogens (primary N) is 1. The molecule has 1 heterocycles. The molecule has 64 valence electrons. The number of hydrogen-bond donors (Lipinski definition) is 1. The molecule has 0 unspecified atom stereocenters. The van der Waals surface area contributed by atoms with Gasteiger partial charge in [-0.1, -0.05) is 0 Å². The molecule has 0 spiro atoms. The fourth-order valence-corrected chi connectivity index (χ4v) is 1.12. The first-order valence-electron chi connectivity index (χ1n) is 3.69. The smallest absolute Gasteiger partial charge is 0.202 e. The van der Waals surface area contributed by atoms with E-state index < -0.39 is 0 Å². The monoisotopic (exact) mass is 166 g/mol. The lowest BCUT2D eigenvalue weighted by molar-refractivity contribution is -0.396. The summed E-state index contributed by atoms with van der Waals surface area (Å²) < 4.78 is 0. The van der Waals surface area contributed by atoms with E-state index in [2.05, 4.69) is 10.2 Å². The summed E-state index contributed by atoms with van der Waals surface area (Å²) in [6.45, 7) is 5.52. The van der Waals surface area contributed by atoms with E-state index in [-0.39, 0.29) is 0 Å². The first-order chi connectivity index (χ1) is 5.57. The molecule has 1 aromatic rings. The number of nitrogens with zero attached hydrogens (tertiary/aromatic N) is 1. The predicted octanol–water partition coefficient (Wildman–Crippen LogP) is 1.41. The predicted molar refractivity (Wildman–Crippen MR) is 47.1 cm³/mol. The third-order valence-electron chi connectivity index (χ3n) is 2.04. The minimum absolute atomic E-state index is 0.351. The van der Waals surface area contributed by atoms with Gasteiger partial charge in [0, 0.05) is 19.4 Å². The number of aromatic nitrogens is 1. The Hall–Kier alpha value is -1.45. The van der Waals surface area contributed by atoms with Crippen LogP contribution in [0.3, 0.4) is 0 Å². The van der Waals surface area contributed by atoms with Crippen LogP contribution in [0.5, 0.6) is 0 Å². The number of anilines is 1. The third-order valence-corrected chi connectivity index (χ3v) is 2.04. The van der Waals surface area contributed by atoms with Crippen LogP contribution in [0.4, 0.5) is 11.4 Å². The molecule has 0 saturated heterocycles. The van der Waals surface area contributed by atoms with Gasteiger partial charge in [0.05, 0.1) is 0 Å². The summed E-state index contributed by atoms with van der Waals surface area (Å²) in [5.41, 5.74) is 8.95. The van der Waals surface area contributed by atoms with E-state index in [1.54, 1.807) is 0 Å². The van der Waals surface area contributed by atoms with Crippen molar-refractivity contribution < 1.29 is 4.98 Å². The molecule has 0 bridgehead atoms.